The lowest BCUT2D eigenvalue weighted by Gasteiger charge is -2.14. The average Bonchev–Trinajstić information content (AvgIpc) is 3.05. The summed E-state index contributed by atoms with van der Waals surface area (Å²) in [5.41, 5.74) is 3.67. The van der Waals surface area contributed by atoms with E-state index in [-0.39, 0.29) is 6.61 Å². The van der Waals surface area contributed by atoms with Crippen LogP contribution < -0.4 is 10.1 Å². The molecule has 0 fully saturated rings. The summed E-state index contributed by atoms with van der Waals surface area (Å²) in [6.45, 7) is 9.06. The van der Waals surface area contributed by atoms with Crippen molar-refractivity contribution in [3.63, 3.8) is 0 Å². The molecule has 3 aromatic rings. The van der Waals surface area contributed by atoms with Crippen LogP contribution in [0.25, 0.3) is 21.8 Å². The summed E-state index contributed by atoms with van der Waals surface area (Å²) in [6, 6.07) is 14.6. The highest BCUT2D eigenvalue weighted by atomic mass is 16.5. The molecule has 0 amide bonds. The van der Waals surface area contributed by atoms with Gasteiger partial charge in [0.15, 0.2) is 0 Å². The van der Waals surface area contributed by atoms with E-state index in [0.717, 1.165) is 36.2 Å². The highest BCUT2D eigenvalue weighted by Gasteiger charge is 2.15. The van der Waals surface area contributed by atoms with Gasteiger partial charge in [0.25, 0.3) is 0 Å². The Morgan fingerprint density at radius 1 is 1.10 bits per heavy atom. The third-order valence-corrected chi connectivity index (χ3v) is 5.21. The lowest BCUT2D eigenvalue weighted by molar-refractivity contribution is 0.107. The van der Waals surface area contributed by atoms with Crippen LogP contribution in [0.2, 0.25) is 0 Å². The number of nitrogens with one attached hydrogen (secondary N) is 1. The van der Waals surface area contributed by atoms with Crippen molar-refractivity contribution in [1.29, 1.82) is 0 Å². The van der Waals surface area contributed by atoms with Crippen molar-refractivity contribution in [2.75, 3.05) is 19.7 Å². The minimum Gasteiger partial charge on any atom is -0.490 e. The van der Waals surface area contributed by atoms with Gasteiger partial charge in [-0.1, -0.05) is 55.7 Å². The molecule has 2 aromatic carbocycles. The molecule has 3 rings (SSSR count). The van der Waals surface area contributed by atoms with Crippen molar-refractivity contribution >= 4 is 21.8 Å². The number of benzene rings is 2. The summed E-state index contributed by atoms with van der Waals surface area (Å²) >= 11 is 0. The molecule has 4 nitrogen and oxygen atoms in total. The highest BCUT2D eigenvalue weighted by Crippen LogP contribution is 2.35. The standard InChI is InChI=1S/C25H34N2O2/c1-4-5-8-15-26-17-20(28)18-29-24-13-9-12-23-25(24)21-10-6-7-11-22(21)27(23)16-14-19(2)3/h6-7,9-14,20,26,28H,4-5,8,15-18H2,1-3H3. The summed E-state index contributed by atoms with van der Waals surface area (Å²) < 4.78 is 8.42. The summed E-state index contributed by atoms with van der Waals surface area (Å²) in [6.07, 6.45) is 5.30. The molecule has 0 bridgehead atoms. The van der Waals surface area contributed by atoms with Crippen LogP contribution in [0.15, 0.2) is 54.1 Å². The van der Waals surface area contributed by atoms with Crippen LogP contribution in [-0.2, 0) is 6.54 Å². The van der Waals surface area contributed by atoms with Crippen LogP contribution >= 0.6 is 0 Å². The quantitative estimate of drug-likeness (QED) is 0.343. The number of ether oxygens (including phenoxy) is 1. The number of nitrogens with zero attached hydrogens (tertiary/aromatic N) is 1. The number of hydrogen-bond donors (Lipinski definition) is 2. The molecule has 29 heavy (non-hydrogen) atoms. The van der Waals surface area contributed by atoms with E-state index < -0.39 is 6.10 Å². The van der Waals surface area contributed by atoms with E-state index in [1.54, 1.807) is 0 Å². The molecule has 1 unspecified atom stereocenters. The fourth-order valence-electron chi connectivity index (χ4n) is 3.67. The predicted octanol–water partition coefficient (Wildman–Crippen LogP) is 5.28. The van der Waals surface area contributed by atoms with Gasteiger partial charge in [0.2, 0.25) is 0 Å². The molecule has 0 saturated carbocycles. The fraction of sp³-hybridized carbons (Fsp3) is 0.440. The fourth-order valence-corrected chi connectivity index (χ4v) is 3.67. The van der Waals surface area contributed by atoms with Crippen molar-refractivity contribution in [1.82, 2.24) is 9.88 Å². The number of hydrogen-bond acceptors (Lipinski definition) is 3. The van der Waals surface area contributed by atoms with E-state index >= 15 is 0 Å². The molecule has 1 atom stereocenters. The predicted molar refractivity (Wildman–Crippen MR) is 123 cm³/mol. The summed E-state index contributed by atoms with van der Waals surface area (Å²) in [7, 11) is 0. The molecular weight excluding hydrogens is 360 g/mol. The summed E-state index contributed by atoms with van der Waals surface area (Å²) in [5.74, 6) is 0.833. The monoisotopic (exact) mass is 394 g/mol. The van der Waals surface area contributed by atoms with Crippen LogP contribution in [0, 0.1) is 0 Å². The molecule has 0 radical (unpaired) electrons. The minimum absolute atomic E-state index is 0.285. The zero-order valence-electron chi connectivity index (χ0n) is 17.9. The van der Waals surface area contributed by atoms with Crippen molar-refractivity contribution < 1.29 is 9.84 Å². The van der Waals surface area contributed by atoms with Crippen molar-refractivity contribution in [3.8, 4) is 5.75 Å². The van der Waals surface area contributed by atoms with Gasteiger partial charge in [-0.3, -0.25) is 0 Å². The number of para-hydroxylation sites is 1. The Kier molecular flexibility index (Phi) is 7.73. The van der Waals surface area contributed by atoms with Crippen LogP contribution in [0.5, 0.6) is 5.75 Å². The van der Waals surface area contributed by atoms with Crippen LogP contribution in [0.4, 0.5) is 0 Å². The third kappa shape index (κ3) is 5.40. The molecule has 2 N–H and O–H groups in total. The molecular formula is C25H34N2O2. The zero-order valence-corrected chi connectivity index (χ0v) is 17.9. The Hall–Kier alpha value is -2.30. The van der Waals surface area contributed by atoms with E-state index in [2.05, 4.69) is 67.1 Å². The number of unbranched alkanes of at least 4 members (excludes halogenated alkanes) is 2. The Labute approximate surface area is 174 Å². The molecule has 0 aliphatic carbocycles. The molecule has 1 heterocycles. The number of fused-ring (bicyclic) bond motifs is 3. The Morgan fingerprint density at radius 3 is 2.69 bits per heavy atom. The molecule has 1 aromatic heterocycles. The second-order valence-electron chi connectivity index (χ2n) is 7.94. The highest BCUT2D eigenvalue weighted by molar-refractivity contribution is 6.11. The second kappa shape index (κ2) is 10.5. The smallest absolute Gasteiger partial charge is 0.129 e. The number of aliphatic hydroxyl groups is 1. The minimum atomic E-state index is -0.522. The first-order valence-electron chi connectivity index (χ1n) is 10.8. The number of aromatic nitrogens is 1. The zero-order chi connectivity index (χ0) is 20.6. The van der Waals surface area contributed by atoms with Gasteiger partial charge >= 0.3 is 0 Å². The number of aliphatic hydroxyl groups excluding tert-OH is 1. The SMILES string of the molecule is CCCCCNCC(O)COc1cccc2c1c1ccccc1n2CC=C(C)C. The van der Waals surface area contributed by atoms with E-state index in [4.69, 9.17) is 4.74 Å². The van der Waals surface area contributed by atoms with E-state index in [1.807, 2.05) is 12.1 Å². The van der Waals surface area contributed by atoms with Crippen molar-refractivity contribution in [2.45, 2.75) is 52.7 Å². The third-order valence-electron chi connectivity index (χ3n) is 5.21. The van der Waals surface area contributed by atoms with Crippen LogP contribution in [0.1, 0.15) is 40.0 Å². The second-order valence-corrected chi connectivity index (χ2v) is 7.94. The number of allylic oxidation sites excluding steroid dienone is 2. The first-order chi connectivity index (χ1) is 14.1. The van der Waals surface area contributed by atoms with Crippen molar-refractivity contribution in [3.05, 3.63) is 54.1 Å². The van der Waals surface area contributed by atoms with E-state index in [9.17, 15) is 5.11 Å². The molecule has 0 aliphatic rings. The van der Waals surface area contributed by atoms with Gasteiger partial charge in [0.1, 0.15) is 18.5 Å². The van der Waals surface area contributed by atoms with Gasteiger partial charge in [-0.25, -0.2) is 0 Å². The molecule has 0 spiro atoms. The van der Waals surface area contributed by atoms with Gasteiger partial charge in [0, 0.05) is 29.4 Å². The summed E-state index contributed by atoms with van der Waals surface area (Å²) in [5, 5.41) is 15.9. The van der Waals surface area contributed by atoms with Gasteiger partial charge in [-0.15, -0.1) is 0 Å². The van der Waals surface area contributed by atoms with E-state index in [0.29, 0.717) is 6.54 Å². The van der Waals surface area contributed by atoms with Gasteiger partial charge in [-0.2, -0.15) is 0 Å². The maximum atomic E-state index is 10.3. The van der Waals surface area contributed by atoms with E-state index in [1.165, 1.54) is 29.3 Å². The lowest BCUT2D eigenvalue weighted by Crippen LogP contribution is -2.32. The summed E-state index contributed by atoms with van der Waals surface area (Å²) in [4.78, 5) is 0. The van der Waals surface area contributed by atoms with Gasteiger partial charge in [-0.05, 0) is 45.0 Å². The lowest BCUT2D eigenvalue weighted by atomic mass is 10.1. The number of rotatable bonds is 11. The Bertz CT molecular complexity index is 954. The first-order valence-corrected chi connectivity index (χ1v) is 10.8. The molecule has 156 valence electrons. The van der Waals surface area contributed by atoms with Gasteiger partial charge < -0.3 is 19.7 Å². The Morgan fingerprint density at radius 2 is 1.90 bits per heavy atom. The first kappa shape index (κ1) is 21.4. The Balaban J connectivity index is 1.79. The molecule has 0 aliphatic heterocycles. The molecule has 4 heteroatoms. The van der Waals surface area contributed by atoms with Gasteiger partial charge in [0.05, 0.1) is 5.52 Å². The maximum absolute atomic E-state index is 10.3. The molecule has 0 saturated heterocycles. The van der Waals surface area contributed by atoms with Crippen LogP contribution in [-0.4, -0.2) is 35.5 Å². The van der Waals surface area contributed by atoms with Crippen molar-refractivity contribution in [2.24, 2.45) is 0 Å². The maximum Gasteiger partial charge on any atom is 0.129 e. The van der Waals surface area contributed by atoms with Crippen LogP contribution in [0.3, 0.4) is 0 Å². The largest absolute Gasteiger partial charge is 0.490 e. The topological polar surface area (TPSA) is 46.4 Å². The average molecular weight is 395 g/mol. The normalized spacial score (nSPS) is 12.4.